The van der Waals surface area contributed by atoms with E-state index in [1.54, 1.807) is 0 Å². The molecule has 0 aromatic heterocycles. The third kappa shape index (κ3) is 6.67. The van der Waals surface area contributed by atoms with Crippen molar-refractivity contribution in [1.82, 2.24) is 0 Å². The number of hydrogen-bond acceptors (Lipinski definition) is 1. The maximum atomic E-state index is 13.3. The van der Waals surface area contributed by atoms with Crippen LogP contribution in [0, 0.1) is 5.41 Å². The van der Waals surface area contributed by atoms with Crippen molar-refractivity contribution in [2.24, 2.45) is 5.41 Å². The first kappa shape index (κ1) is 14.6. The fraction of sp³-hybridized carbons (Fsp3) is 0.846. The number of rotatable bonds is 3. The zero-order valence-electron chi connectivity index (χ0n) is 11.2. The van der Waals surface area contributed by atoms with Gasteiger partial charge in [-0.1, -0.05) is 20.8 Å². The van der Waals surface area contributed by atoms with E-state index < -0.39 is 0 Å². The van der Waals surface area contributed by atoms with Crippen LogP contribution in [0.4, 0.5) is 4.39 Å². The van der Waals surface area contributed by atoms with E-state index in [1.165, 1.54) is 6.92 Å². The van der Waals surface area contributed by atoms with Crippen molar-refractivity contribution in [3.63, 3.8) is 0 Å². The first-order valence-electron chi connectivity index (χ1n) is 5.54. The molecule has 0 saturated carbocycles. The smallest absolute Gasteiger partial charge is 0.0966 e. The minimum absolute atomic E-state index is 0.0694. The van der Waals surface area contributed by atoms with Crippen molar-refractivity contribution in [3.8, 4) is 0 Å². The summed E-state index contributed by atoms with van der Waals surface area (Å²) in [5.74, 6) is -0.0694. The molecule has 0 unspecified atom stereocenters. The van der Waals surface area contributed by atoms with Gasteiger partial charge < -0.3 is 4.74 Å². The lowest BCUT2D eigenvalue weighted by atomic mass is 9.84. The zero-order valence-corrected chi connectivity index (χ0v) is 11.2. The Morgan fingerprint density at radius 1 is 1.07 bits per heavy atom. The molecule has 0 bridgehead atoms. The van der Waals surface area contributed by atoms with Crippen LogP contribution in [0.25, 0.3) is 0 Å². The molecule has 0 saturated heterocycles. The number of halogens is 1. The van der Waals surface area contributed by atoms with Gasteiger partial charge in [-0.05, 0) is 45.1 Å². The highest BCUT2D eigenvalue weighted by atomic mass is 19.1. The van der Waals surface area contributed by atoms with Gasteiger partial charge in [-0.2, -0.15) is 0 Å². The number of hydrogen-bond donors (Lipinski definition) is 0. The fourth-order valence-corrected chi connectivity index (χ4v) is 1.52. The van der Waals surface area contributed by atoms with Gasteiger partial charge in [-0.3, -0.25) is 0 Å². The average Bonchev–Trinajstić information content (AvgIpc) is 1.92. The molecule has 0 spiro atoms. The first-order chi connectivity index (χ1) is 6.54. The molecule has 90 valence electrons. The Bertz CT molecular complexity index is 224. The summed E-state index contributed by atoms with van der Waals surface area (Å²) in [7, 11) is 0. The van der Waals surface area contributed by atoms with Crippen molar-refractivity contribution >= 4 is 0 Å². The van der Waals surface area contributed by atoms with Gasteiger partial charge in [0.25, 0.3) is 0 Å². The summed E-state index contributed by atoms with van der Waals surface area (Å²) in [4.78, 5) is 0. The lowest BCUT2D eigenvalue weighted by Gasteiger charge is -2.26. The van der Waals surface area contributed by atoms with E-state index in [0.717, 1.165) is 5.57 Å². The van der Waals surface area contributed by atoms with Crippen molar-refractivity contribution in [2.45, 2.75) is 60.5 Å². The van der Waals surface area contributed by atoms with Crippen molar-refractivity contribution in [3.05, 3.63) is 11.4 Å². The topological polar surface area (TPSA) is 9.23 Å². The van der Waals surface area contributed by atoms with Crippen molar-refractivity contribution in [2.75, 3.05) is 6.61 Å². The van der Waals surface area contributed by atoms with E-state index >= 15 is 0 Å². The molecule has 0 atom stereocenters. The van der Waals surface area contributed by atoms with Crippen LogP contribution in [-0.2, 0) is 4.74 Å². The molecule has 0 aliphatic rings. The van der Waals surface area contributed by atoms with Gasteiger partial charge in [-0.25, -0.2) is 4.39 Å². The maximum Gasteiger partial charge on any atom is 0.0966 e. The standard InChI is InChI=1S/C13H25FO/c1-10(14)11(12(2,3)4)8-9-15-13(5,6)7/h8-9H2,1-7H3/b11-10-. The summed E-state index contributed by atoms with van der Waals surface area (Å²) < 4.78 is 18.9. The predicted molar refractivity (Wildman–Crippen MR) is 63.6 cm³/mol. The summed E-state index contributed by atoms with van der Waals surface area (Å²) in [6, 6.07) is 0. The summed E-state index contributed by atoms with van der Waals surface area (Å²) in [6.07, 6.45) is 0.670. The third-order valence-electron chi connectivity index (χ3n) is 2.21. The Balaban J connectivity index is 4.32. The van der Waals surface area contributed by atoms with E-state index in [4.69, 9.17) is 4.74 Å². The Morgan fingerprint density at radius 2 is 1.53 bits per heavy atom. The van der Waals surface area contributed by atoms with Crippen molar-refractivity contribution < 1.29 is 9.13 Å². The second-order valence-corrected chi connectivity index (χ2v) is 5.97. The van der Waals surface area contributed by atoms with Gasteiger partial charge >= 0.3 is 0 Å². The molecule has 0 radical (unpaired) electrons. The SMILES string of the molecule is C/C(F)=C(\CCOC(C)(C)C)C(C)(C)C. The van der Waals surface area contributed by atoms with Crippen LogP contribution in [0.5, 0.6) is 0 Å². The molecular formula is C13H25FO. The van der Waals surface area contributed by atoms with Crippen LogP contribution in [-0.4, -0.2) is 12.2 Å². The Labute approximate surface area is 93.7 Å². The number of ether oxygens (including phenoxy) is 1. The van der Waals surface area contributed by atoms with Gasteiger partial charge in [-0.15, -0.1) is 0 Å². The molecule has 0 aliphatic carbocycles. The zero-order chi connectivity index (χ0) is 12.3. The van der Waals surface area contributed by atoms with Gasteiger partial charge in [0.15, 0.2) is 0 Å². The maximum absolute atomic E-state index is 13.3. The van der Waals surface area contributed by atoms with Gasteiger partial charge in [0.1, 0.15) is 0 Å². The Hall–Kier alpha value is -0.370. The van der Waals surface area contributed by atoms with E-state index in [2.05, 4.69) is 0 Å². The van der Waals surface area contributed by atoms with Gasteiger partial charge in [0.2, 0.25) is 0 Å². The number of allylic oxidation sites excluding steroid dienone is 1. The van der Waals surface area contributed by atoms with E-state index in [9.17, 15) is 4.39 Å². The van der Waals surface area contributed by atoms with E-state index in [0.29, 0.717) is 13.0 Å². The van der Waals surface area contributed by atoms with Crippen LogP contribution in [0.2, 0.25) is 0 Å². The summed E-state index contributed by atoms with van der Waals surface area (Å²) in [6.45, 7) is 14.2. The van der Waals surface area contributed by atoms with E-state index in [-0.39, 0.29) is 16.8 Å². The van der Waals surface area contributed by atoms with Gasteiger partial charge in [0.05, 0.1) is 18.0 Å². The molecule has 0 fully saturated rings. The quantitative estimate of drug-likeness (QED) is 0.675. The average molecular weight is 216 g/mol. The molecular weight excluding hydrogens is 191 g/mol. The highest BCUT2D eigenvalue weighted by Crippen LogP contribution is 2.31. The molecule has 0 heterocycles. The van der Waals surface area contributed by atoms with Crippen LogP contribution >= 0.6 is 0 Å². The van der Waals surface area contributed by atoms with E-state index in [1.807, 2.05) is 41.5 Å². The van der Waals surface area contributed by atoms with Crippen molar-refractivity contribution in [1.29, 1.82) is 0 Å². The minimum atomic E-state index is -0.146. The fourth-order valence-electron chi connectivity index (χ4n) is 1.52. The normalized spacial score (nSPS) is 15.2. The summed E-state index contributed by atoms with van der Waals surface area (Å²) in [5.41, 5.74) is 0.597. The molecule has 0 aromatic rings. The first-order valence-corrected chi connectivity index (χ1v) is 5.54. The minimum Gasteiger partial charge on any atom is -0.376 e. The summed E-state index contributed by atoms with van der Waals surface area (Å²) >= 11 is 0. The third-order valence-corrected chi connectivity index (χ3v) is 2.21. The van der Waals surface area contributed by atoms with Crippen LogP contribution in [0.15, 0.2) is 11.4 Å². The van der Waals surface area contributed by atoms with Crippen LogP contribution in [0.1, 0.15) is 54.9 Å². The lowest BCUT2D eigenvalue weighted by Crippen LogP contribution is -2.21. The van der Waals surface area contributed by atoms with Crippen LogP contribution in [0.3, 0.4) is 0 Å². The highest BCUT2D eigenvalue weighted by Gasteiger charge is 2.20. The molecule has 0 aromatic carbocycles. The molecule has 0 N–H and O–H groups in total. The molecule has 15 heavy (non-hydrogen) atoms. The summed E-state index contributed by atoms with van der Waals surface area (Å²) in [5, 5.41) is 0. The molecule has 2 heteroatoms. The van der Waals surface area contributed by atoms with Gasteiger partial charge in [0, 0.05) is 0 Å². The second kappa shape index (κ2) is 5.11. The predicted octanol–water partition coefficient (Wildman–Crippen LogP) is 4.48. The molecule has 0 aliphatic heterocycles. The monoisotopic (exact) mass is 216 g/mol. The lowest BCUT2D eigenvalue weighted by molar-refractivity contribution is -0.00245. The Kier molecular flexibility index (Phi) is 4.98. The second-order valence-electron chi connectivity index (χ2n) is 5.97. The molecule has 0 rings (SSSR count). The largest absolute Gasteiger partial charge is 0.376 e. The Morgan fingerprint density at radius 3 is 1.80 bits per heavy atom. The highest BCUT2D eigenvalue weighted by molar-refractivity contribution is 5.13. The van der Waals surface area contributed by atoms with Crippen LogP contribution < -0.4 is 0 Å². The molecule has 1 nitrogen and oxygen atoms in total. The molecule has 0 amide bonds.